The molecule has 0 aromatic heterocycles. The molecule has 1 unspecified atom stereocenters. The van der Waals surface area contributed by atoms with Crippen molar-refractivity contribution in [1.29, 1.82) is 0 Å². The first-order valence-corrected chi connectivity index (χ1v) is 11.1. The summed E-state index contributed by atoms with van der Waals surface area (Å²) >= 11 is 1.01. The van der Waals surface area contributed by atoms with Gasteiger partial charge in [0, 0.05) is 25.2 Å². The quantitative estimate of drug-likeness (QED) is 0.750. The van der Waals surface area contributed by atoms with Crippen LogP contribution in [0.25, 0.3) is 0 Å². The lowest BCUT2D eigenvalue weighted by Gasteiger charge is -2.17. The molecule has 2 heterocycles. The van der Waals surface area contributed by atoms with Crippen LogP contribution in [0, 0.1) is 12.8 Å². The third-order valence-electron chi connectivity index (χ3n) is 5.48. The van der Waals surface area contributed by atoms with Crippen LogP contribution >= 0.6 is 11.8 Å². The summed E-state index contributed by atoms with van der Waals surface area (Å²) in [4.78, 5) is 51.4. The number of nitrogens with zero attached hydrogens (tertiary/aromatic N) is 2. The molecule has 2 aromatic rings. The number of anilines is 1. The number of nitrogens with one attached hydrogen (secondary N) is 1. The number of aryl methyl sites for hydroxylation is 1. The summed E-state index contributed by atoms with van der Waals surface area (Å²) in [5.41, 5.74) is 3.63. The zero-order valence-corrected chi connectivity index (χ0v) is 18.0. The Hall–Kier alpha value is -3.13. The maximum atomic E-state index is 12.7. The molecule has 0 radical (unpaired) electrons. The number of likely N-dealkylation sites (tertiary alicyclic amines) is 1. The van der Waals surface area contributed by atoms with E-state index < -0.39 is 5.92 Å². The molecule has 2 aliphatic heterocycles. The van der Waals surface area contributed by atoms with Crippen LogP contribution in [0.4, 0.5) is 10.5 Å². The van der Waals surface area contributed by atoms with Gasteiger partial charge < -0.3 is 10.2 Å². The first kappa shape index (κ1) is 21.1. The van der Waals surface area contributed by atoms with Gasteiger partial charge in [0.1, 0.15) is 0 Å². The fraction of sp³-hybridized carbons (Fsp3) is 0.304. The Morgan fingerprint density at radius 3 is 2.26 bits per heavy atom. The number of rotatable bonds is 6. The number of amides is 4. The minimum absolute atomic E-state index is 0.0195. The van der Waals surface area contributed by atoms with Crippen molar-refractivity contribution in [3.8, 4) is 0 Å². The van der Waals surface area contributed by atoms with E-state index in [2.05, 4.69) is 5.32 Å². The molecular weight excluding hydrogens is 414 g/mol. The number of carbonyl (C=O) groups is 4. The fourth-order valence-corrected chi connectivity index (χ4v) is 4.39. The maximum Gasteiger partial charge on any atom is 0.289 e. The normalized spacial score (nSPS) is 18.7. The third kappa shape index (κ3) is 4.96. The second-order valence-electron chi connectivity index (χ2n) is 7.88. The SMILES string of the molecule is Cc1ccc(CN2CC(C(=O)Nc3ccc(CN4C(=O)CSC4=O)cc3)CC2=O)cc1. The second-order valence-corrected chi connectivity index (χ2v) is 8.81. The molecule has 7 nitrogen and oxygen atoms in total. The van der Waals surface area contributed by atoms with Crippen LogP contribution in [0.3, 0.4) is 0 Å². The molecule has 2 aromatic carbocycles. The summed E-state index contributed by atoms with van der Waals surface area (Å²) < 4.78 is 0. The molecule has 0 spiro atoms. The fourth-order valence-electron chi connectivity index (χ4n) is 3.67. The van der Waals surface area contributed by atoms with Gasteiger partial charge in [0.2, 0.25) is 17.7 Å². The standard InChI is InChI=1S/C23H23N3O4S/c1-15-2-4-16(5-3-15)11-25-13-18(10-20(25)27)22(29)24-19-8-6-17(7-9-19)12-26-21(28)14-31-23(26)30/h2-9,18H,10-14H2,1H3,(H,24,29). The highest BCUT2D eigenvalue weighted by molar-refractivity contribution is 8.14. The molecule has 2 saturated heterocycles. The summed E-state index contributed by atoms with van der Waals surface area (Å²) in [7, 11) is 0. The van der Waals surface area contributed by atoms with E-state index in [9.17, 15) is 19.2 Å². The summed E-state index contributed by atoms with van der Waals surface area (Å²) in [6.07, 6.45) is 0.201. The van der Waals surface area contributed by atoms with Gasteiger partial charge in [-0.2, -0.15) is 0 Å². The minimum atomic E-state index is -0.394. The summed E-state index contributed by atoms with van der Waals surface area (Å²) in [5.74, 6) is -0.598. The van der Waals surface area contributed by atoms with E-state index in [4.69, 9.17) is 0 Å². The molecule has 1 atom stereocenters. The Balaban J connectivity index is 1.32. The molecule has 4 rings (SSSR count). The number of carbonyl (C=O) groups excluding carboxylic acids is 4. The van der Waals surface area contributed by atoms with E-state index in [1.165, 1.54) is 4.90 Å². The summed E-state index contributed by atoms with van der Waals surface area (Å²) in [6, 6.07) is 15.1. The van der Waals surface area contributed by atoms with E-state index in [-0.39, 0.29) is 41.7 Å². The summed E-state index contributed by atoms with van der Waals surface area (Å²) in [5, 5.41) is 2.63. The van der Waals surface area contributed by atoms with Crippen molar-refractivity contribution in [3.05, 3.63) is 65.2 Å². The van der Waals surface area contributed by atoms with Crippen molar-refractivity contribution in [2.24, 2.45) is 5.92 Å². The number of hydrogen-bond donors (Lipinski definition) is 1. The van der Waals surface area contributed by atoms with Gasteiger partial charge in [0.25, 0.3) is 5.24 Å². The average molecular weight is 438 g/mol. The second kappa shape index (κ2) is 8.93. The molecule has 0 bridgehead atoms. The molecule has 0 aliphatic carbocycles. The molecule has 2 fully saturated rings. The monoisotopic (exact) mass is 437 g/mol. The first-order valence-electron chi connectivity index (χ1n) is 10.1. The lowest BCUT2D eigenvalue weighted by Crippen LogP contribution is -2.28. The van der Waals surface area contributed by atoms with Crippen LogP contribution in [0.15, 0.2) is 48.5 Å². The molecule has 1 N–H and O–H groups in total. The zero-order valence-electron chi connectivity index (χ0n) is 17.2. The zero-order chi connectivity index (χ0) is 22.0. The lowest BCUT2D eigenvalue weighted by molar-refractivity contribution is -0.128. The average Bonchev–Trinajstić information content (AvgIpc) is 3.28. The molecular formula is C23H23N3O4S. The molecule has 160 valence electrons. The van der Waals surface area contributed by atoms with Gasteiger partial charge in [-0.05, 0) is 30.2 Å². The van der Waals surface area contributed by atoms with Crippen molar-refractivity contribution >= 4 is 40.4 Å². The van der Waals surface area contributed by atoms with E-state index >= 15 is 0 Å². The van der Waals surface area contributed by atoms with Crippen molar-refractivity contribution in [2.75, 3.05) is 17.6 Å². The third-order valence-corrected chi connectivity index (χ3v) is 6.34. The number of imide groups is 1. The van der Waals surface area contributed by atoms with Gasteiger partial charge >= 0.3 is 0 Å². The highest BCUT2D eigenvalue weighted by Gasteiger charge is 2.34. The molecule has 31 heavy (non-hydrogen) atoms. The molecule has 0 saturated carbocycles. The predicted octanol–water partition coefficient (Wildman–Crippen LogP) is 3.18. The van der Waals surface area contributed by atoms with Crippen LogP contribution < -0.4 is 5.32 Å². The van der Waals surface area contributed by atoms with Gasteiger partial charge in [-0.3, -0.25) is 24.1 Å². The highest BCUT2D eigenvalue weighted by Crippen LogP contribution is 2.24. The van der Waals surface area contributed by atoms with Crippen LogP contribution in [0.5, 0.6) is 0 Å². The van der Waals surface area contributed by atoms with Gasteiger partial charge in [-0.1, -0.05) is 53.7 Å². The highest BCUT2D eigenvalue weighted by atomic mass is 32.2. The topological polar surface area (TPSA) is 86.8 Å². The van der Waals surface area contributed by atoms with Crippen LogP contribution in [-0.4, -0.2) is 45.1 Å². The van der Waals surface area contributed by atoms with Gasteiger partial charge in [0.15, 0.2) is 0 Å². The van der Waals surface area contributed by atoms with Crippen molar-refractivity contribution < 1.29 is 19.2 Å². The predicted molar refractivity (Wildman–Crippen MR) is 118 cm³/mol. The Labute approximate surface area is 184 Å². The van der Waals surface area contributed by atoms with Crippen molar-refractivity contribution in [3.63, 3.8) is 0 Å². The van der Waals surface area contributed by atoms with Crippen LogP contribution in [0.2, 0.25) is 0 Å². The number of benzene rings is 2. The van der Waals surface area contributed by atoms with E-state index in [1.54, 1.807) is 29.2 Å². The van der Waals surface area contributed by atoms with Gasteiger partial charge in [0.05, 0.1) is 18.2 Å². The molecule has 2 aliphatic rings. The lowest BCUT2D eigenvalue weighted by atomic mass is 10.1. The maximum absolute atomic E-state index is 12.7. The largest absolute Gasteiger partial charge is 0.338 e. The number of hydrogen-bond acceptors (Lipinski definition) is 5. The smallest absolute Gasteiger partial charge is 0.289 e. The van der Waals surface area contributed by atoms with Gasteiger partial charge in [-0.25, -0.2) is 0 Å². The van der Waals surface area contributed by atoms with E-state index in [0.29, 0.717) is 18.8 Å². The van der Waals surface area contributed by atoms with Crippen molar-refractivity contribution in [2.45, 2.75) is 26.4 Å². The first-order chi connectivity index (χ1) is 14.9. The Kier molecular flexibility index (Phi) is 6.08. The van der Waals surface area contributed by atoms with Gasteiger partial charge in [-0.15, -0.1) is 0 Å². The Morgan fingerprint density at radius 1 is 0.968 bits per heavy atom. The van der Waals surface area contributed by atoms with E-state index in [0.717, 1.165) is 28.5 Å². The van der Waals surface area contributed by atoms with E-state index in [1.807, 2.05) is 31.2 Å². The Bertz CT molecular complexity index is 1000. The Morgan fingerprint density at radius 2 is 1.61 bits per heavy atom. The minimum Gasteiger partial charge on any atom is -0.338 e. The molecule has 4 amide bonds. The molecule has 8 heteroatoms. The van der Waals surface area contributed by atoms with Crippen molar-refractivity contribution in [1.82, 2.24) is 9.80 Å². The number of thioether (sulfide) groups is 1. The van der Waals surface area contributed by atoms with Crippen LogP contribution in [0.1, 0.15) is 23.1 Å². The summed E-state index contributed by atoms with van der Waals surface area (Å²) in [6.45, 7) is 3.14. The van der Waals surface area contributed by atoms with Crippen LogP contribution in [-0.2, 0) is 27.5 Å².